The number of nitro benzene ring substituents is 1. The molecule has 5 nitrogen and oxygen atoms in total. The fourth-order valence-electron chi connectivity index (χ4n) is 2.36. The summed E-state index contributed by atoms with van der Waals surface area (Å²) in [6, 6.07) is 4.09. The summed E-state index contributed by atoms with van der Waals surface area (Å²) in [7, 11) is 0. The number of amides is 1. The van der Waals surface area contributed by atoms with E-state index in [1.54, 1.807) is 0 Å². The Kier molecular flexibility index (Phi) is 9.29. The number of carbonyl (C=O) groups is 1. The third-order valence-electron chi connectivity index (χ3n) is 3.72. The van der Waals surface area contributed by atoms with Crippen LogP contribution in [-0.2, 0) is 0 Å². The lowest BCUT2D eigenvalue weighted by Gasteiger charge is -2.06. The van der Waals surface area contributed by atoms with Gasteiger partial charge in [-0.2, -0.15) is 0 Å². The zero-order chi connectivity index (χ0) is 17.1. The number of hydrogen-bond acceptors (Lipinski definition) is 3. The Hall–Kier alpha value is -1.62. The first-order valence-electron chi connectivity index (χ1n) is 8.28. The average molecular weight is 341 g/mol. The zero-order valence-corrected chi connectivity index (χ0v) is 14.4. The molecule has 128 valence electrons. The number of unbranched alkanes of at least 4 members (excludes halogenated alkanes) is 7. The number of nitro groups is 1. The van der Waals surface area contributed by atoms with Gasteiger partial charge in [0, 0.05) is 18.2 Å². The maximum absolute atomic E-state index is 12.0. The third-order valence-corrected chi connectivity index (χ3v) is 4.04. The first-order chi connectivity index (χ1) is 11.1. The van der Waals surface area contributed by atoms with Crippen LogP contribution in [0.4, 0.5) is 5.69 Å². The van der Waals surface area contributed by atoms with E-state index in [1.807, 2.05) is 0 Å². The molecule has 1 N–H and O–H groups in total. The van der Waals surface area contributed by atoms with Crippen molar-refractivity contribution in [1.29, 1.82) is 0 Å². The zero-order valence-electron chi connectivity index (χ0n) is 13.6. The summed E-state index contributed by atoms with van der Waals surface area (Å²) in [5.41, 5.74) is 0.0204. The molecular weight excluding hydrogens is 316 g/mol. The molecule has 1 amide bonds. The number of rotatable bonds is 11. The molecule has 0 saturated carbocycles. The Labute approximate surface area is 142 Å². The van der Waals surface area contributed by atoms with Gasteiger partial charge in [-0.15, -0.1) is 0 Å². The van der Waals surface area contributed by atoms with Crippen molar-refractivity contribution in [3.05, 3.63) is 38.9 Å². The van der Waals surface area contributed by atoms with E-state index >= 15 is 0 Å². The van der Waals surface area contributed by atoms with Gasteiger partial charge in [-0.3, -0.25) is 14.9 Å². The van der Waals surface area contributed by atoms with Crippen LogP contribution in [0.2, 0.25) is 5.02 Å². The largest absolute Gasteiger partial charge is 0.352 e. The fraction of sp³-hybridized carbons (Fsp3) is 0.588. The molecule has 1 aromatic rings. The molecule has 0 bridgehead atoms. The number of nitrogens with one attached hydrogen (secondary N) is 1. The smallest absolute Gasteiger partial charge is 0.288 e. The monoisotopic (exact) mass is 340 g/mol. The molecular formula is C17H25ClN2O3. The van der Waals surface area contributed by atoms with E-state index in [1.165, 1.54) is 56.7 Å². The molecule has 0 aliphatic heterocycles. The van der Waals surface area contributed by atoms with Gasteiger partial charge in [-0.25, -0.2) is 0 Å². The Morgan fingerprint density at radius 2 is 1.74 bits per heavy atom. The summed E-state index contributed by atoms with van der Waals surface area (Å²) in [5, 5.41) is 13.6. The van der Waals surface area contributed by atoms with Gasteiger partial charge in [0.25, 0.3) is 11.6 Å². The van der Waals surface area contributed by atoms with Gasteiger partial charge >= 0.3 is 0 Å². The standard InChI is InChI=1S/C17H25ClN2O3/c1-2-3-4-5-6-7-8-9-12-19-17(21)14-10-11-15(18)16(13-14)20(22)23/h10-11,13H,2-9,12H2,1H3,(H,19,21). The van der Waals surface area contributed by atoms with Crippen LogP contribution in [0.25, 0.3) is 0 Å². The molecule has 0 heterocycles. The van der Waals surface area contributed by atoms with Gasteiger partial charge < -0.3 is 5.32 Å². The molecule has 0 spiro atoms. The first kappa shape index (κ1) is 19.4. The Morgan fingerprint density at radius 3 is 2.35 bits per heavy atom. The summed E-state index contributed by atoms with van der Waals surface area (Å²) in [6.07, 6.45) is 9.61. The normalized spacial score (nSPS) is 10.5. The number of carbonyl (C=O) groups excluding carboxylic acids is 1. The van der Waals surface area contributed by atoms with Crippen LogP contribution in [0.1, 0.15) is 68.6 Å². The summed E-state index contributed by atoms with van der Waals surface area (Å²) < 4.78 is 0. The molecule has 0 aliphatic carbocycles. The van der Waals surface area contributed by atoms with Crippen molar-refractivity contribution in [2.75, 3.05) is 6.54 Å². The maximum atomic E-state index is 12.0. The van der Waals surface area contributed by atoms with E-state index in [4.69, 9.17) is 11.6 Å². The first-order valence-corrected chi connectivity index (χ1v) is 8.66. The van der Waals surface area contributed by atoms with Gasteiger partial charge in [0.1, 0.15) is 5.02 Å². The van der Waals surface area contributed by atoms with Gasteiger partial charge in [-0.05, 0) is 18.6 Å². The summed E-state index contributed by atoms with van der Waals surface area (Å²) in [4.78, 5) is 22.2. The van der Waals surface area contributed by atoms with E-state index in [2.05, 4.69) is 12.2 Å². The minimum Gasteiger partial charge on any atom is -0.352 e. The van der Waals surface area contributed by atoms with Crippen LogP contribution in [0.3, 0.4) is 0 Å². The lowest BCUT2D eigenvalue weighted by molar-refractivity contribution is -0.384. The molecule has 6 heteroatoms. The molecule has 1 aromatic carbocycles. The van der Waals surface area contributed by atoms with E-state index in [9.17, 15) is 14.9 Å². The third kappa shape index (κ3) is 7.46. The number of halogens is 1. The van der Waals surface area contributed by atoms with E-state index in [0.29, 0.717) is 6.54 Å². The SMILES string of the molecule is CCCCCCCCCCNC(=O)c1ccc(Cl)c([N+](=O)[O-])c1. The second-order valence-electron chi connectivity index (χ2n) is 5.65. The minimum atomic E-state index is -0.586. The van der Waals surface area contributed by atoms with Crippen molar-refractivity contribution in [1.82, 2.24) is 5.32 Å². The highest BCUT2D eigenvalue weighted by atomic mass is 35.5. The highest BCUT2D eigenvalue weighted by Crippen LogP contribution is 2.24. The highest BCUT2D eigenvalue weighted by Gasteiger charge is 2.15. The van der Waals surface area contributed by atoms with E-state index in [0.717, 1.165) is 12.8 Å². The van der Waals surface area contributed by atoms with Gasteiger partial charge in [0.2, 0.25) is 0 Å². The molecule has 0 fully saturated rings. The lowest BCUT2D eigenvalue weighted by atomic mass is 10.1. The van der Waals surface area contributed by atoms with Crippen molar-refractivity contribution in [3.63, 3.8) is 0 Å². The van der Waals surface area contributed by atoms with Gasteiger partial charge in [-0.1, -0.05) is 63.5 Å². The predicted octanol–water partition coefficient (Wildman–Crippen LogP) is 5.12. The Bertz CT molecular complexity index is 521. The molecule has 0 radical (unpaired) electrons. The van der Waals surface area contributed by atoms with Crippen LogP contribution in [-0.4, -0.2) is 17.4 Å². The summed E-state index contributed by atoms with van der Waals surface area (Å²) >= 11 is 5.73. The second-order valence-corrected chi connectivity index (χ2v) is 6.06. The van der Waals surface area contributed by atoms with Crippen LogP contribution in [0, 0.1) is 10.1 Å². The van der Waals surface area contributed by atoms with Gasteiger partial charge in [0.15, 0.2) is 0 Å². The number of benzene rings is 1. The van der Waals surface area contributed by atoms with Crippen molar-refractivity contribution < 1.29 is 9.72 Å². The van der Waals surface area contributed by atoms with Crippen LogP contribution < -0.4 is 5.32 Å². The summed E-state index contributed by atoms with van der Waals surface area (Å²) in [6.45, 7) is 2.79. The lowest BCUT2D eigenvalue weighted by Crippen LogP contribution is -2.24. The Balaban J connectivity index is 2.24. The molecule has 0 aliphatic rings. The highest BCUT2D eigenvalue weighted by molar-refractivity contribution is 6.32. The van der Waals surface area contributed by atoms with Crippen molar-refractivity contribution in [2.45, 2.75) is 58.3 Å². The van der Waals surface area contributed by atoms with Crippen molar-refractivity contribution in [2.24, 2.45) is 0 Å². The molecule has 0 saturated heterocycles. The number of nitrogens with zero attached hydrogens (tertiary/aromatic N) is 1. The molecule has 23 heavy (non-hydrogen) atoms. The average Bonchev–Trinajstić information content (AvgIpc) is 2.53. The van der Waals surface area contributed by atoms with Crippen molar-refractivity contribution in [3.8, 4) is 0 Å². The van der Waals surface area contributed by atoms with Crippen LogP contribution in [0.5, 0.6) is 0 Å². The van der Waals surface area contributed by atoms with Crippen molar-refractivity contribution >= 4 is 23.2 Å². The van der Waals surface area contributed by atoms with E-state index in [-0.39, 0.29) is 22.2 Å². The van der Waals surface area contributed by atoms with Crippen LogP contribution >= 0.6 is 11.6 Å². The quantitative estimate of drug-likeness (QED) is 0.345. The second kappa shape index (κ2) is 11.0. The minimum absolute atomic E-state index is 0.0367. The number of hydrogen-bond donors (Lipinski definition) is 1. The predicted molar refractivity (Wildman–Crippen MR) is 93.0 cm³/mol. The molecule has 0 atom stereocenters. The molecule has 0 unspecified atom stereocenters. The van der Waals surface area contributed by atoms with Gasteiger partial charge in [0.05, 0.1) is 4.92 Å². The summed E-state index contributed by atoms with van der Waals surface area (Å²) in [5.74, 6) is -0.298. The van der Waals surface area contributed by atoms with Crippen LogP contribution in [0.15, 0.2) is 18.2 Å². The Morgan fingerprint density at radius 1 is 1.13 bits per heavy atom. The topological polar surface area (TPSA) is 72.2 Å². The fourth-order valence-corrected chi connectivity index (χ4v) is 2.54. The molecule has 0 aromatic heterocycles. The van der Waals surface area contributed by atoms with E-state index < -0.39 is 4.92 Å². The molecule has 1 rings (SSSR count). The maximum Gasteiger partial charge on any atom is 0.288 e.